The van der Waals surface area contributed by atoms with Crippen LogP contribution in [0.1, 0.15) is 45.6 Å². The molecule has 1 aromatic carbocycles. The van der Waals surface area contributed by atoms with E-state index < -0.39 is 22.3 Å². The number of unbranched alkanes of at least 4 members (excludes halogenated alkanes) is 1. The van der Waals surface area contributed by atoms with Crippen LogP contribution >= 0.6 is 0 Å². The summed E-state index contributed by atoms with van der Waals surface area (Å²) < 4.78 is 38.4. The molecule has 0 fully saturated rings. The standard InChI is InChI=1S/C19H31N3O6S/c1-6-7-8-14(3)22(19(24)20-4)18(23)13(2)11-15-9-10-17(28-5)16(12-15)21-29(25,26)27/h9-10,12-14,21H,6-8,11H2,1-5H3,(H,20,24)(H,25,26,27). The van der Waals surface area contributed by atoms with Crippen molar-refractivity contribution >= 4 is 27.9 Å². The van der Waals surface area contributed by atoms with E-state index in [0.717, 1.165) is 12.8 Å². The number of imide groups is 1. The minimum Gasteiger partial charge on any atom is -0.495 e. The van der Waals surface area contributed by atoms with Gasteiger partial charge < -0.3 is 10.1 Å². The number of rotatable bonds is 10. The maximum atomic E-state index is 13.0. The average Bonchev–Trinajstić information content (AvgIpc) is 2.65. The summed E-state index contributed by atoms with van der Waals surface area (Å²) in [7, 11) is -1.62. The monoisotopic (exact) mass is 429 g/mol. The first-order chi connectivity index (χ1) is 13.5. The van der Waals surface area contributed by atoms with Crippen molar-refractivity contribution in [3.8, 4) is 5.75 Å². The van der Waals surface area contributed by atoms with Gasteiger partial charge in [0.15, 0.2) is 0 Å². The van der Waals surface area contributed by atoms with Gasteiger partial charge in [0, 0.05) is 19.0 Å². The molecule has 164 valence electrons. The lowest BCUT2D eigenvalue weighted by molar-refractivity contribution is -0.133. The van der Waals surface area contributed by atoms with Gasteiger partial charge in [-0.1, -0.05) is 32.8 Å². The van der Waals surface area contributed by atoms with Gasteiger partial charge in [-0.05, 0) is 37.5 Å². The van der Waals surface area contributed by atoms with Gasteiger partial charge >= 0.3 is 16.3 Å². The molecule has 3 N–H and O–H groups in total. The minimum atomic E-state index is -4.48. The second kappa shape index (κ2) is 11.0. The summed E-state index contributed by atoms with van der Waals surface area (Å²) in [4.78, 5) is 26.5. The zero-order valence-electron chi connectivity index (χ0n) is 17.6. The van der Waals surface area contributed by atoms with Crippen LogP contribution in [-0.2, 0) is 21.5 Å². The predicted molar refractivity (Wildman–Crippen MR) is 111 cm³/mol. The van der Waals surface area contributed by atoms with E-state index in [1.807, 2.05) is 18.6 Å². The summed E-state index contributed by atoms with van der Waals surface area (Å²) in [5, 5.41) is 2.52. The molecule has 0 aliphatic heterocycles. The number of methoxy groups -OCH3 is 1. The number of urea groups is 1. The number of carbonyl (C=O) groups excluding carboxylic acids is 2. The molecule has 0 aliphatic rings. The molecule has 2 atom stereocenters. The van der Waals surface area contributed by atoms with Gasteiger partial charge in [-0.25, -0.2) is 4.79 Å². The summed E-state index contributed by atoms with van der Waals surface area (Å²) >= 11 is 0. The number of amides is 3. The Morgan fingerprint density at radius 1 is 1.28 bits per heavy atom. The molecule has 0 bridgehead atoms. The van der Waals surface area contributed by atoms with E-state index in [-0.39, 0.29) is 29.8 Å². The molecule has 0 heterocycles. The highest BCUT2D eigenvalue weighted by Gasteiger charge is 2.29. The van der Waals surface area contributed by atoms with Crippen molar-refractivity contribution in [3.05, 3.63) is 23.8 Å². The van der Waals surface area contributed by atoms with Crippen molar-refractivity contribution in [1.82, 2.24) is 10.2 Å². The Labute approximate surface area is 172 Å². The Kier molecular flexibility index (Phi) is 9.38. The van der Waals surface area contributed by atoms with Gasteiger partial charge in [-0.15, -0.1) is 0 Å². The number of anilines is 1. The summed E-state index contributed by atoms with van der Waals surface area (Å²) in [6.07, 6.45) is 2.86. The van der Waals surface area contributed by atoms with Crippen LogP contribution in [-0.4, -0.2) is 50.0 Å². The van der Waals surface area contributed by atoms with Crippen molar-refractivity contribution in [2.75, 3.05) is 18.9 Å². The smallest absolute Gasteiger partial charge is 0.357 e. The van der Waals surface area contributed by atoms with Crippen molar-refractivity contribution in [1.29, 1.82) is 0 Å². The van der Waals surface area contributed by atoms with Crippen LogP contribution in [0.15, 0.2) is 18.2 Å². The highest BCUT2D eigenvalue weighted by atomic mass is 32.2. The maximum Gasteiger partial charge on any atom is 0.357 e. The van der Waals surface area contributed by atoms with Gasteiger partial charge in [-0.2, -0.15) is 8.42 Å². The fourth-order valence-electron chi connectivity index (χ4n) is 3.05. The van der Waals surface area contributed by atoms with Gasteiger partial charge in [0.2, 0.25) is 5.91 Å². The fraction of sp³-hybridized carbons (Fsp3) is 0.579. The lowest BCUT2D eigenvalue weighted by Crippen LogP contribution is -2.49. The Morgan fingerprint density at radius 3 is 2.45 bits per heavy atom. The Hall–Kier alpha value is -2.33. The highest BCUT2D eigenvalue weighted by Crippen LogP contribution is 2.28. The molecule has 2 unspecified atom stereocenters. The molecule has 9 nitrogen and oxygen atoms in total. The van der Waals surface area contributed by atoms with Crippen LogP contribution < -0.4 is 14.8 Å². The molecule has 0 spiro atoms. The van der Waals surface area contributed by atoms with E-state index in [1.165, 1.54) is 25.1 Å². The Morgan fingerprint density at radius 2 is 1.93 bits per heavy atom. The lowest BCUT2D eigenvalue weighted by atomic mass is 9.98. The van der Waals surface area contributed by atoms with Crippen LogP contribution in [0, 0.1) is 5.92 Å². The number of hydrogen-bond donors (Lipinski definition) is 3. The van der Waals surface area contributed by atoms with Crippen LogP contribution in [0.25, 0.3) is 0 Å². The molecule has 0 saturated carbocycles. The molecule has 29 heavy (non-hydrogen) atoms. The van der Waals surface area contributed by atoms with Crippen LogP contribution in [0.2, 0.25) is 0 Å². The molecule has 1 rings (SSSR count). The van der Waals surface area contributed by atoms with Crippen LogP contribution in [0.3, 0.4) is 0 Å². The maximum absolute atomic E-state index is 13.0. The quantitative estimate of drug-likeness (QED) is 0.491. The summed E-state index contributed by atoms with van der Waals surface area (Å²) in [5.74, 6) is -0.609. The van der Waals surface area contributed by atoms with Crippen LogP contribution in [0.4, 0.5) is 10.5 Å². The SMILES string of the molecule is CCCCC(C)N(C(=O)NC)C(=O)C(C)Cc1ccc(OC)c(NS(=O)(=O)O)c1. The molecule has 0 saturated heterocycles. The Bertz CT molecular complexity index is 812. The van der Waals surface area contributed by atoms with Crippen molar-refractivity contribution in [2.24, 2.45) is 5.92 Å². The number of benzene rings is 1. The normalized spacial score (nSPS) is 13.3. The van der Waals surface area contributed by atoms with Gasteiger partial charge in [0.1, 0.15) is 5.75 Å². The predicted octanol–water partition coefficient (Wildman–Crippen LogP) is 2.84. The van der Waals surface area contributed by atoms with E-state index in [1.54, 1.807) is 19.1 Å². The zero-order valence-corrected chi connectivity index (χ0v) is 18.4. The molecule has 3 amide bonds. The van der Waals surface area contributed by atoms with Gasteiger partial charge in [0.25, 0.3) is 0 Å². The van der Waals surface area contributed by atoms with E-state index in [0.29, 0.717) is 12.0 Å². The van der Waals surface area contributed by atoms with Crippen molar-refractivity contribution < 1.29 is 27.3 Å². The fourth-order valence-corrected chi connectivity index (χ4v) is 3.48. The third-order valence-corrected chi connectivity index (χ3v) is 5.03. The van der Waals surface area contributed by atoms with Gasteiger partial charge in [0.05, 0.1) is 12.8 Å². The molecule has 10 heteroatoms. The number of nitrogens with zero attached hydrogens (tertiary/aromatic N) is 1. The van der Waals surface area contributed by atoms with Crippen molar-refractivity contribution in [2.45, 2.75) is 52.5 Å². The minimum absolute atomic E-state index is 0.0617. The van der Waals surface area contributed by atoms with Gasteiger partial charge in [-0.3, -0.25) is 19.0 Å². The number of hydrogen-bond acceptors (Lipinski definition) is 5. The second-order valence-electron chi connectivity index (χ2n) is 6.97. The zero-order chi connectivity index (χ0) is 22.2. The van der Waals surface area contributed by atoms with Crippen molar-refractivity contribution in [3.63, 3.8) is 0 Å². The first-order valence-corrected chi connectivity index (χ1v) is 10.9. The number of nitrogens with one attached hydrogen (secondary N) is 2. The number of ether oxygens (including phenoxy) is 1. The second-order valence-corrected chi connectivity index (χ2v) is 8.13. The first-order valence-electron chi connectivity index (χ1n) is 9.50. The molecular formula is C19H31N3O6S. The first kappa shape index (κ1) is 24.7. The molecule has 0 radical (unpaired) electrons. The summed E-state index contributed by atoms with van der Waals surface area (Å²) in [5.41, 5.74) is 0.711. The molecular weight excluding hydrogens is 398 g/mol. The third kappa shape index (κ3) is 7.54. The molecule has 0 aliphatic carbocycles. The summed E-state index contributed by atoms with van der Waals surface area (Å²) in [6.45, 7) is 5.60. The molecule has 0 aromatic heterocycles. The van der Waals surface area contributed by atoms with Crippen LogP contribution in [0.5, 0.6) is 5.75 Å². The van der Waals surface area contributed by atoms with E-state index >= 15 is 0 Å². The molecule has 1 aromatic rings. The highest BCUT2D eigenvalue weighted by molar-refractivity contribution is 7.87. The topological polar surface area (TPSA) is 125 Å². The summed E-state index contributed by atoms with van der Waals surface area (Å²) in [6, 6.07) is 4.04. The van der Waals surface area contributed by atoms with E-state index in [2.05, 4.69) is 5.32 Å². The number of carbonyl (C=O) groups is 2. The third-order valence-electron chi connectivity index (χ3n) is 4.55. The largest absolute Gasteiger partial charge is 0.495 e. The lowest BCUT2D eigenvalue weighted by Gasteiger charge is -2.29. The van der Waals surface area contributed by atoms with E-state index in [9.17, 15) is 18.0 Å². The Balaban J connectivity index is 3.05. The van der Waals surface area contributed by atoms with E-state index in [4.69, 9.17) is 9.29 Å². The average molecular weight is 430 g/mol.